The van der Waals surface area contributed by atoms with E-state index in [4.69, 9.17) is 11.6 Å². The van der Waals surface area contributed by atoms with Crippen molar-refractivity contribution in [1.82, 2.24) is 5.43 Å². The van der Waals surface area contributed by atoms with Crippen molar-refractivity contribution in [3.63, 3.8) is 0 Å². The van der Waals surface area contributed by atoms with Gasteiger partial charge in [-0.3, -0.25) is 4.79 Å². The lowest BCUT2D eigenvalue weighted by Gasteiger charge is -2.40. The quantitative estimate of drug-likeness (QED) is 0.417. The largest absolute Gasteiger partial charge is 0.507 e. The number of hydrogen-bond donors (Lipinski definition) is 2. The summed E-state index contributed by atoms with van der Waals surface area (Å²) in [5.41, 5.74) is 6.53. The molecule has 0 spiro atoms. The Labute approximate surface area is 186 Å². The number of halogens is 1. The minimum atomic E-state index is -0.494. The molecule has 0 radical (unpaired) electrons. The summed E-state index contributed by atoms with van der Waals surface area (Å²) in [5.74, 6) is -0.587. The summed E-state index contributed by atoms with van der Waals surface area (Å²) in [6, 6.07) is 14.6. The molecule has 31 heavy (non-hydrogen) atoms. The number of anilines is 1. The molecule has 1 heterocycles. The monoisotopic (exact) mass is 433 g/mol. The number of nitrogens with one attached hydrogen (secondary N) is 1. The standard InChI is InChI=1S/C25H24ClN3O2/c1-15-13-25(2,3)29(4)22-12-21(26)18(10-19(15)22)14-27-28-24(31)20-9-16-7-5-6-8-17(16)11-23(20)30/h5-14,30H,1-4H3,(H,28,31)/b27-14-. The van der Waals surface area contributed by atoms with Crippen molar-refractivity contribution in [1.29, 1.82) is 0 Å². The van der Waals surface area contributed by atoms with E-state index >= 15 is 0 Å². The number of carbonyl (C=O) groups is 1. The topological polar surface area (TPSA) is 64.9 Å². The first kappa shape index (κ1) is 20.9. The Morgan fingerprint density at radius 3 is 2.55 bits per heavy atom. The van der Waals surface area contributed by atoms with Gasteiger partial charge >= 0.3 is 0 Å². The van der Waals surface area contributed by atoms with E-state index in [1.807, 2.05) is 43.4 Å². The summed E-state index contributed by atoms with van der Waals surface area (Å²) in [5, 5.41) is 16.6. The van der Waals surface area contributed by atoms with E-state index in [9.17, 15) is 9.90 Å². The van der Waals surface area contributed by atoms with Gasteiger partial charge in [0.1, 0.15) is 5.75 Å². The van der Waals surface area contributed by atoms with Gasteiger partial charge in [-0.2, -0.15) is 5.10 Å². The second kappa shape index (κ2) is 7.75. The van der Waals surface area contributed by atoms with Crippen LogP contribution in [0.2, 0.25) is 5.02 Å². The second-order valence-electron chi connectivity index (χ2n) is 8.35. The number of hydrazone groups is 1. The molecule has 1 aliphatic heterocycles. The molecule has 0 unspecified atom stereocenters. The molecule has 1 aliphatic rings. The van der Waals surface area contributed by atoms with Gasteiger partial charge in [-0.05, 0) is 61.4 Å². The summed E-state index contributed by atoms with van der Waals surface area (Å²) in [6.07, 6.45) is 3.74. The third kappa shape index (κ3) is 3.89. The molecule has 0 bridgehead atoms. The molecule has 2 N–H and O–H groups in total. The van der Waals surface area contributed by atoms with Gasteiger partial charge in [-0.15, -0.1) is 0 Å². The molecule has 5 nitrogen and oxygen atoms in total. The number of hydrogen-bond acceptors (Lipinski definition) is 4. The highest BCUT2D eigenvalue weighted by molar-refractivity contribution is 6.33. The van der Waals surface area contributed by atoms with E-state index < -0.39 is 5.91 Å². The number of amides is 1. The molecule has 0 saturated heterocycles. The van der Waals surface area contributed by atoms with Gasteiger partial charge in [0, 0.05) is 23.9 Å². The number of phenolic OH excluding ortho intramolecular Hbond substituents is 1. The third-order valence-electron chi connectivity index (χ3n) is 5.81. The van der Waals surface area contributed by atoms with E-state index in [1.54, 1.807) is 12.1 Å². The van der Waals surface area contributed by atoms with Crippen LogP contribution in [0.5, 0.6) is 5.75 Å². The van der Waals surface area contributed by atoms with Gasteiger partial charge in [0.05, 0.1) is 22.3 Å². The fourth-order valence-corrected chi connectivity index (χ4v) is 4.12. The molecule has 0 aliphatic carbocycles. The lowest BCUT2D eigenvalue weighted by Crippen LogP contribution is -2.42. The van der Waals surface area contributed by atoms with Crippen molar-refractivity contribution < 1.29 is 9.90 Å². The Morgan fingerprint density at radius 2 is 1.84 bits per heavy atom. The average Bonchev–Trinajstić information content (AvgIpc) is 2.72. The molecule has 3 aromatic carbocycles. The maximum absolute atomic E-state index is 12.5. The van der Waals surface area contributed by atoms with Crippen LogP contribution in [0.4, 0.5) is 5.69 Å². The van der Waals surface area contributed by atoms with Crippen LogP contribution >= 0.6 is 11.6 Å². The first-order valence-corrected chi connectivity index (χ1v) is 10.4. The second-order valence-corrected chi connectivity index (χ2v) is 8.75. The number of rotatable bonds is 3. The Kier molecular flexibility index (Phi) is 5.23. The minimum absolute atomic E-state index is 0.0929. The summed E-state index contributed by atoms with van der Waals surface area (Å²) >= 11 is 6.50. The van der Waals surface area contributed by atoms with Crippen LogP contribution in [0, 0.1) is 0 Å². The van der Waals surface area contributed by atoms with Crippen LogP contribution in [0.25, 0.3) is 16.3 Å². The zero-order valence-corrected chi connectivity index (χ0v) is 18.7. The van der Waals surface area contributed by atoms with Gasteiger partial charge in [-0.1, -0.05) is 41.9 Å². The molecule has 3 aromatic rings. The van der Waals surface area contributed by atoms with Gasteiger partial charge in [-0.25, -0.2) is 5.43 Å². The van der Waals surface area contributed by atoms with Crippen LogP contribution < -0.4 is 10.3 Å². The van der Waals surface area contributed by atoms with Gasteiger partial charge in [0.25, 0.3) is 5.91 Å². The van der Waals surface area contributed by atoms with Crippen molar-refractivity contribution in [2.75, 3.05) is 11.9 Å². The maximum Gasteiger partial charge on any atom is 0.275 e. The Hall–Kier alpha value is -3.31. The van der Waals surface area contributed by atoms with E-state index in [0.29, 0.717) is 10.6 Å². The Morgan fingerprint density at radius 1 is 1.16 bits per heavy atom. The zero-order valence-electron chi connectivity index (χ0n) is 17.9. The Balaban J connectivity index is 1.58. The van der Waals surface area contributed by atoms with Crippen molar-refractivity contribution in [3.8, 4) is 5.75 Å². The first-order chi connectivity index (χ1) is 14.7. The SMILES string of the molecule is CC1=CC(C)(C)N(C)c2cc(Cl)c(/C=N\NC(=O)c3cc4ccccc4cc3O)cc21. The fraction of sp³-hybridized carbons (Fsp3) is 0.200. The highest BCUT2D eigenvalue weighted by Crippen LogP contribution is 2.40. The molecule has 1 amide bonds. The Bertz CT molecular complexity index is 1260. The number of phenols is 1. The van der Waals surface area contributed by atoms with Crippen molar-refractivity contribution >= 4 is 45.8 Å². The number of benzene rings is 3. The third-order valence-corrected chi connectivity index (χ3v) is 6.14. The summed E-state index contributed by atoms with van der Waals surface area (Å²) in [7, 11) is 2.04. The predicted molar refractivity (Wildman–Crippen MR) is 128 cm³/mol. The average molecular weight is 434 g/mol. The van der Waals surface area contributed by atoms with E-state index in [1.165, 1.54) is 6.21 Å². The van der Waals surface area contributed by atoms with Gasteiger partial charge in [0.2, 0.25) is 0 Å². The summed E-state index contributed by atoms with van der Waals surface area (Å²) in [4.78, 5) is 14.7. The maximum atomic E-state index is 12.5. The highest BCUT2D eigenvalue weighted by Gasteiger charge is 2.29. The fourth-order valence-electron chi connectivity index (χ4n) is 3.92. The molecule has 0 atom stereocenters. The molecule has 6 heteroatoms. The van der Waals surface area contributed by atoms with Crippen LogP contribution in [0.15, 0.2) is 59.7 Å². The lowest BCUT2D eigenvalue weighted by atomic mass is 9.88. The van der Waals surface area contributed by atoms with Crippen LogP contribution in [-0.4, -0.2) is 29.8 Å². The normalized spacial score (nSPS) is 15.1. The molecule has 0 aromatic heterocycles. The molecular formula is C25H24ClN3O2. The molecule has 4 rings (SSSR count). The molecule has 0 fully saturated rings. The number of aromatic hydroxyl groups is 1. The summed E-state index contributed by atoms with van der Waals surface area (Å²) < 4.78 is 0. The lowest BCUT2D eigenvalue weighted by molar-refractivity contribution is 0.0952. The predicted octanol–water partition coefficient (Wildman–Crippen LogP) is 5.59. The summed E-state index contributed by atoms with van der Waals surface area (Å²) in [6.45, 7) is 6.38. The zero-order chi connectivity index (χ0) is 22.3. The van der Waals surface area contributed by atoms with Crippen LogP contribution in [0.1, 0.15) is 42.3 Å². The first-order valence-electron chi connectivity index (χ1n) is 10.00. The van der Waals surface area contributed by atoms with Crippen molar-refractivity contribution in [2.24, 2.45) is 5.10 Å². The van der Waals surface area contributed by atoms with Gasteiger partial charge < -0.3 is 10.0 Å². The number of likely N-dealkylation sites (N-methyl/N-ethyl adjacent to an activating group) is 1. The van der Waals surface area contributed by atoms with E-state index in [-0.39, 0.29) is 16.9 Å². The number of carbonyl (C=O) groups excluding carboxylic acids is 1. The van der Waals surface area contributed by atoms with Crippen LogP contribution in [-0.2, 0) is 0 Å². The number of allylic oxidation sites excluding steroid dienone is 1. The minimum Gasteiger partial charge on any atom is -0.507 e. The van der Waals surface area contributed by atoms with Crippen molar-refractivity contribution in [2.45, 2.75) is 26.3 Å². The smallest absolute Gasteiger partial charge is 0.275 e. The van der Waals surface area contributed by atoms with Crippen molar-refractivity contribution in [3.05, 3.63) is 76.3 Å². The van der Waals surface area contributed by atoms with E-state index in [0.717, 1.165) is 27.6 Å². The van der Waals surface area contributed by atoms with Crippen LogP contribution in [0.3, 0.4) is 0 Å². The highest BCUT2D eigenvalue weighted by atomic mass is 35.5. The number of fused-ring (bicyclic) bond motifs is 2. The molecule has 0 saturated carbocycles. The molecular weight excluding hydrogens is 410 g/mol. The van der Waals surface area contributed by atoms with E-state index in [2.05, 4.69) is 42.3 Å². The number of nitrogens with zero attached hydrogens (tertiary/aromatic N) is 2. The van der Waals surface area contributed by atoms with Gasteiger partial charge in [0.15, 0.2) is 0 Å². The molecule has 158 valence electrons.